The third-order valence-electron chi connectivity index (χ3n) is 2.68. The molecule has 0 fully saturated rings. The van der Waals surface area contributed by atoms with Gasteiger partial charge in [0, 0.05) is 25.6 Å². The largest absolute Gasteiger partial charge is 0.354 e. The number of carbonyl (C=O) groups is 2. The first kappa shape index (κ1) is 19.7. The van der Waals surface area contributed by atoms with E-state index in [1.165, 1.54) is 0 Å². The van der Waals surface area contributed by atoms with E-state index in [0.29, 0.717) is 36.5 Å². The normalized spacial score (nSPS) is 11.2. The van der Waals surface area contributed by atoms with Crippen LogP contribution in [0.4, 0.5) is 0 Å². The first-order valence-electron chi connectivity index (χ1n) is 6.55. The average Bonchev–Trinajstić information content (AvgIpc) is 2.41. The molecule has 2 amide bonds. The molecule has 0 bridgehead atoms. The lowest BCUT2D eigenvalue weighted by Crippen LogP contribution is -2.35. The Morgan fingerprint density at radius 2 is 1.86 bits per heavy atom. The summed E-state index contributed by atoms with van der Waals surface area (Å²) in [5.74, 6) is -0.310. The van der Waals surface area contributed by atoms with Gasteiger partial charge in [-0.15, -0.1) is 12.4 Å². The van der Waals surface area contributed by atoms with E-state index >= 15 is 0 Å². The third kappa shape index (κ3) is 7.90. The van der Waals surface area contributed by atoms with Crippen molar-refractivity contribution in [2.24, 2.45) is 5.73 Å². The molecule has 1 aromatic rings. The van der Waals surface area contributed by atoms with Gasteiger partial charge in [-0.25, -0.2) is 0 Å². The number of benzene rings is 1. The van der Waals surface area contributed by atoms with Crippen molar-refractivity contribution >= 4 is 35.8 Å². The van der Waals surface area contributed by atoms with Crippen molar-refractivity contribution in [3.05, 3.63) is 34.9 Å². The molecule has 0 radical (unpaired) electrons. The van der Waals surface area contributed by atoms with Gasteiger partial charge in [-0.05, 0) is 25.5 Å². The molecule has 1 aromatic carbocycles. The lowest BCUT2D eigenvalue weighted by Gasteiger charge is -2.08. The van der Waals surface area contributed by atoms with Crippen molar-refractivity contribution in [1.82, 2.24) is 10.6 Å². The van der Waals surface area contributed by atoms with Gasteiger partial charge in [0.2, 0.25) is 5.91 Å². The Balaban J connectivity index is 0.00000400. The van der Waals surface area contributed by atoms with Crippen LogP contribution in [-0.4, -0.2) is 30.9 Å². The highest BCUT2D eigenvalue weighted by Gasteiger charge is 2.08. The van der Waals surface area contributed by atoms with Crippen LogP contribution in [0.2, 0.25) is 5.02 Å². The van der Waals surface area contributed by atoms with Gasteiger partial charge in [-0.1, -0.05) is 23.7 Å². The second-order valence-electron chi connectivity index (χ2n) is 4.60. The SMILES string of the molecule is CC(N)CCC(=O)NCCNC(=O)c1ccccc1Cl.Cl. The number of hydrogen-bond acceptors (Lipinski definition) is 3. The molecular formula is C14H21Cl2N3O2. The Kier molecular flexibility index (Phi) is 9.78. The van der Waals surface area contributed by atoms with Gasteiger partial charge in [0.1, 0.15) is 0 Å². The molecule has 0 aliphatic heterocycles. The minimum atomic E-state index is -0.250. The van der Waals surface area contributed by atoms with E-state index in [0.717, 1.165) is 0 Å². The zero-order valence-corrected chi connectivity index (χ0v) is 13.5. The summed E-state index contributed by atoms with van der Waals surface area (Å²) in [6.45, 7) is 2.60. The molecule has 0 aliphatic rings. The van der Waals surface area contributed by atoms with Gasteiger partial charge in [-0.3, -0.25) is 9.59 Å². The van der Waals surface area contributed by atoms with Gasteiger partial charge in [0.05, 0.1) is 10.6 Å². The molecule has 0 aliphatic carbocycles. The summed E-state index contributed by atoms with van der Waals surface area (Å²) in [6.07, 6.45) is 1.05. The number of amides is 2. The zero-order valence-electron chi connectivity index (χ0n) is 11.9. The Morgan fingerprint density at radius 1 is 1.24 bits per heavy atom. The molecule has 21 heavy (non-hydrogen) atoms. The molecule has 5 nitrogen and oxygen atoms in total. The maximum Gasteiger partial charge on any atom is 0.252 e. The molecule has 118 valence electrons. The fraction of sp³-hybridized carbons (Fsp3) is 0.429. The summed E-state index contributed by atoms with van der Waals surface area (Å²) in [5, 5.41) is 5.82. The van der Waals surface area contributed by atoms with Crippen molar-refractivity contribution in [1.29, 1.82) is 0 Å². The van der Waals surface area contributed by atoms with Crippen LogP contribution in [0.1, 0.15) is 30.1 Å². The van der Waals surface area contributed by atoms with Crippen LogP contribution >= 0.6 is 24.0 Å². The molecule has 1 rings (SSSR count). The van der Waals surface area contributed by atoms with E-state index in [-0.39, 0.29) is 30.3 Å². The number of carbonyl (C=O) groups excluding carboxylic acids is 2. The van der Waals surface area contributed by atoms with Crippen LogP contribution in [0, 0.1) is 0 Å². The van der Waals surface area contributed by atoms with Crippen LogP contribution in [-0.2, 0) is 4.79 Å². The Hall–Kier alpha value is -1.30. The number of rotatable bonds is 7. The molecule has 1 unspecified atom stereocenters. The highest BCUT2D eigenvalue weighted by atomic mass is 35.5. The molecule has 4 N–H and O–H groups in total. The zero-order chi connectivity index (χ0) is 15.0. The first-order valence-corrected chi connectivity index (χ1v) is 6.93. The molecule has 0 heterocycles. The summed E-state index contributed by atoms with van der Waals surface area (Å²) >= 11 is 5.91. The van der Waals surface area contributed by atoms with Crippen molar-refractivity contribution in [2.75, 3.05) is 13.1 Å². The Morgan fingerprint density at radius 3 is 2.48 bits per heavy atom. The van der Waals surface area contributed by atoms with Crippen molar-refractivity contribution < 1.29 is 9.59 Å². The van der Waals surface area contributed by atoms with Gasteiger partial charge >= 0.3 is 0 Å². The number of nitrogens with two attached hydrogens (primary N) is 1. The lowest BCUT2D eigenvalue weighted by atomic mass is 10.2. The van der Waals surface area contributed by atoms with Crippen LogP contribution in [0.3, 0.4) is 0 Å². The number of halogens is 2. The second-order valence-corrected chi connectivity index (χ2v) is 5.01. The maximum absolute atomic E-state index is 11.8. The first-order chi connectivity index (χ1) is 9.50. The lowest BCUT2D eigenvalue weighted by molar-refractivity contribution is -0.121. The monoisotopic (exact) mass is 333 g/mol. The minimum Gasteiger partial charge on any atom is -0.354 e. The summed E-state index contributed by atoms with van der Waals surface area (Å²) in [7, 11) is 0. The topological polar surface area (TPSA) is 84.2 Å². The molecule has 0 aromatic heterocycles. The summed E-state index contributed by atoms with van der Waals surface area (Å²) in [4.78, 5) is 23.2. The smallest absolute Gasteiger partial charge is 0.252 e. The van der Waals surface area contributed by atoms with Crippen molar-refractivity contribution in [3.8, 4) is 0 Å². The van der Waals surface area contributed by atoms with Gasteiger partial charge in [0.25, 0.3) is 5.91 Å². The fourth-order valence-corrected chi connectivity index (χ4v) is 1.79. The highest BCUT2D eigenvalue weighted by Crippen LogP contribution is 2.14. The molecule has 7 heteroatoms. The van der Waals surface area contributed by atoms with E-state index < -0.39 is 0 Å². The van der Waals surface area contributed by atoms with Crippen molar-refractivity contribution in [2.45, 2.75) is 25.8 Å². The van der Waals surface area contributed by atoms with Gasteiger partial charge < -0.3 is 16.4 Å². The minimum absolute atomic E-state index is 0. The van der Waals surface area contributed by atoms with Crippen LogP contribution < -0.4 is 16.4 Å². The predicted octanol–water partition coefficient (Wildman–Crippen LogP) is 1.74. The average molecular weight is 334 g/mol. The van der Waals surface area contributed by atoms with E-state index in [1.54, 1.807) is 24.3 Å². The van der Waals surface area contributed by atoms with Crippen LogP contribution in [0.15, 0.2) is 24.3 Å². The standard InChI is InChI=1S/C14H20ClN3O2.ClH/c1-10(16)6-7-13(19)17-8-9-18-14(20)11-4-2-3-5-12(11)15;/h2-5,10H,6-9,16H2,1H3,(H,17,19)(H,18,20);1H. The second kappa shape index (κ2) is 10.4. The Labute approximate surface area is 136 Å². The van der Waals surface area contributed by atoms with Crippen LogP contribution in [0.5, 0.6) is 0 Å². The van der Waals surface area contributed by atoms with Crippen molar-refractivity contribution in [3.63, 3.8) is 0 Å². The van der Waals surface area contributed by atoms with Gasteiger partial charge in [-0.2, -0.15) is 0 Å². The third-order valence-corrected chi connectivity index (χ3v) is 3.01. The summed E-state index contributed by atoms with van der Waals surface area (Å²) in [5.41, 5.74) is 5.99. The maximum atomic E-state index is 11.8. The molecule has 0 saturated carbocycles. The molecule has 0 saturated heterocycles. The predicted molar refractivity (Wildman–Crippen MR) is 86.9 cm³/mol. The summed E-state index contributed by atoms with van der Waals surface area (Å²) < 4.78 is 0. The quantitative estimate of drug-likeness (QED) is 0.664. The molecular weight excluding hydrogens is 313 g/mol. The summed E-state index contributed by atoms with van der Waals surface area (Å²) in [6, 6.07) is 6.83. The van der Waals surface area contributed by atoms with E-state index in [9.17, 15) is 9.59 Å². The Bertz CT molecular complexity index is 467. The van der Waals surface area contributed by atoms with Crippen LogP contribution in [0.25, 0.3) is 0 Å². The van der Waals surface area contributed by atoms with Gasteiger partial charge in [0.15, 0.2) is 0 Å². The van der Waals surface area contributed by atoms with E-state index in [2.05, 4.69) is 10.6 Å². The number of nitrogens with one attached hydrogen (secondary N) is 2. The molecule has 1 atom stereocenters. The number of hydrogen-bond donors (Lipinski definition) is 3. The van der Waals surface area contributed by atoms with E-state index in [1.807, 2.05) is 6.92 Å². The highest BCUT2D eigenvalue weighted by molar-refractivity contribution is 6.33. The molecule has 0 spiro atoms. The van der Waals surface area contributed by atoms with E-state index in [4.69, 9.17) is 17.3 Å². The fourth-order valence-electron chi connectivity index (χ4n) is 1.57.